The van der Waals surface area contributed by atoms with E-state index in [1.165, 1.54) is 9.40 Å². The molecule has 1 aromatic carbocycles. The van der Waals surface area contributed by atoms with Gasteiger partial charge < -0.3 is 10.3 Å². The monoisotopic (exact) mass is 332 g/mol. The number of rotatable bonds is 2. The fourth-order valence-corrected chi connectivity index (χ4v) is 4.47. The summed E-state index contributed by atoms with van der Waals surface area (Å²) in [4.78, 5) is 1.06. The lowest BCUT2D eigenvalue weighted by molar-refractivity contribution is 0.439. The van der Waals surface area contributed by atoms with Gasteiger partial charge in [-0.2, -0.15) is 0 Å². The van der Waals surface area contributed by atoms with Gasteiger partial charge in [-0.05, 0) is 35.2 Å². The summed E-state index contributed by atoms with van der Waals surface area (Å²) in [5, 5.41) is 6.91. The molecule has 3 nitrogen and oxygen atoms in total. The van der Waals surface area contributed by atoms with E-state index in [-0.39, 0.29) is 0 Å². The second kappa shape index (κ2) is 4.87. The fraction of sp³-hybridized carbons (Fsp3) is 0. The molecule has 0 spiro atoms. The van der Waals surface area contributed by atoms with Crippen LogP contribution in [0.5, 0.6) is 0 Å². The molecule has 0 unspecified atom stereocenters. The van der Waals surface area contributed by atoms with E-state index in [1.807, 2.05) is 24.3 Å². The highest BCUT2D eigenvalue weighted by molar-refractivity contribution is 7.28. The predicted molar refractivity (Wildman–Crippen MR) is 90.1 cm³/mol. The van der Waals surface area contributed by atoms with Crippen molar-refractivity contribution >= 4 is 49.6 Å². The van der Waals surface area contributed by atoms with Crippen LogP contribution in [0.25, 0.3) is 31.1 Å². The molecule has 3 aromatic heterocycles. The van der Waals surface area contributed by atoms with Crippen molar-refractivity contribution in [1.29, 1.82) is 0 Å². The smallest absolute Gasteiger partial charge is 0.230 e. The van der Waals surface area contributed by atoms with Crippen molar-refractivity contribution in [1.82, 2.24) is 5.16 Å². The van der Waals surface area contributed by atoms with E-state index in [0.29, 0.717) is 10.9 Å². The molecule has 0 aliphatic carbocycles. The maximum atomic E-state index is 5.96. The van der Waals surface area contributed by atoms with Gasteiger partial charge in [0.2, 0.25) is 5.88 Å². The van der Waals surface area contributed by atoms with Crippen LogP contribution < -0.4 is 5.73 Å². The number of aromatic nitrogens is 1. The molecule has 104 valence electrons. The SMILES string of the molecule is Nc1onc(-c2cc3sccc3s2)c1-c1ccc(Cl)cc1. The number of nitrogen functional groups attached to an aromatic ring is 1. The lowest BCUT2D eigenvalue weighted by atomic mass is 10.1. The van der Waals surface area contributed by atoms with Crippen molar-refractivity contribution in [2.45, 2.75) is 0 Å². The van der Waals surface area contributed by atoms with Gasteiger partial charge in [0.05, 0.1) is 10.4 Å². The van der Waals surface area contributed by atoms with Crippen LogP contribution in [-0.2, 0) is 0 Å². The second-order valence-electron chi connectivity index (χ2n) is 4.54. The number of nitrogens with two attached hydrogens (primary N) is 1. The highest BCUT2D eigenvalue weighted by Crippen LogP contribution is 2.42. The number of nitrogens with zero attached hydrogens (tertiary/aromatic N) is 1. The Labute approximate surface area is 133 Å². The molecule has 0 aliphatic rings. The Bertz CT molecular complexity index is 892. The van der Waals surface area contributed by atoms with E-state index in [2.05, 4.69) is 22.7 Å². The van der Waals surface area contributed by atoms with Gasteiger partial charge in [-0.15, -0.1) is 22.7 Å². The van der Waals surface area contributed by atoms with E-state index < -0.39 is 0 Å². The average molecular weight is 333 g/mol. The third kappa shape index (κ3) is 2.14. The molecule has 0 saturated heterocycles. The first-order chi connectivity index (χ1) is 10.2. The lowest BCUT2D eigenvalue weighted by Crippen LogP contribution is -1.86. The largest absolute Gasteiger partial charge is 0.367 e. The maximum Gasteiger partial charge on any atom is 0.230 e. The Kier molecular flexibility index (Phi) is 2.99. The number of hydrogen-bond donors (Lipinski definition) is 1. The van der Waals surface area contributed by atoms with Gasteiger partial charge >= 0.3 is 0 Å². The summed E-state index contributed by atoms with van der Waals surface area (Å²) >= 11 is 9.35. The van der Waals surface area contributed by atoms with Crippen LogP contribution in [0.1, 0.15) is 0 Å². The molecule has 6 heteroatoms. The lowest BCUT2D eigenvalue weighted by Gasteiger charge is -2.01. The van der Waals surface area contributed by atoms with Crippen LogP contribution in [0, 0.1) is 0 Å². The Hall–Kier alpha value is -1.82. The molecule has 3 heterocycles. The summed E-state index contributed by atoms with van der Waals surface area (Å²) in [6.45, 7) is 0. The molecule has 21 heavy (non-hydrogen) atoms. The standard InChI is InChI=1S/C15H9ClN2OS2/c16-9-3-1-8(2-4-9)13-14(18-19-15(13)17)12-7-11-10(21-12)5-6-20-11/h1-7H,17H2. The van der Waals surface area contributed by atoms with Crippen molar-refractivity contribution in [3.63, 3.8) is 0 Å². The summed E-state index contributed by atoms with van der Waals surface area (Å²) in [5.74, 6) is 0.323. The molecule has 0 radical (unpaired) electrons. The highest BCUT2D eigenvalue weighted by Gasteiger charge is 2.19. The summed E-state index contributed by atoms with van der Waals surface area (Å²) in [5.41, 5.74) is 8.51. The van der Waals surface area contributed by atoms with Crippen molar-refractivity contribution in [3.05, 3.63) is 46.8 Å². The summed E-state index contributed by atoms with van der Waals surface area (Å²) < 4.78 is 7.71. The maximum absolute atomic E-state index is 5.96. The van der Waals surface area contributed by atoms with E-state index in [9.17, 15) is 0 Å². The normalized spacial score (nSPS) is 11.3. The van der Waals surface area contributed by atoms with Gasteiger partial charge in [-0.1, -0.05) is 28.9 Å². The van der Waals surface area contributed by atoms with Crippen molar-refractivity contribution in [2.75, 3.05) is 5.73 Å². The van der Waals surface area contributed by atoms with E-state index in [0.717, 1.165) is 21.7 Å². The average Bonchev–Trinajstić information content (AvgIpc) is 3.13. The van der Waals surface area contributed by atoms with Crippen molar-refractivity contribution in [3.8, 4) is 21.7 Å². The first-order valence-corrected chi connectivity index (χ1v) is 8.28. The molecule has 0 amide bonds. The number of thiophene rings is 2. The summed E-state index contributed by atoms with van der Waals surface area (Å²) in [6, 6.07) is 11.7. The molecule has 0 saturated carbocycles. The molecule has 4 rings (SSSR count). The Morgan fingerprint density at radius 2 is 1.90 bits per heavy atom. The van der Waals surface area contributed by atoms with Crippen LogP contribution >= 0.6 is 34.3 Å². The van der Waals surface area contributed by atoms with Crippen LogP contribution in [-0.4, -0.2) is 5.16 Å². The third-order valence-corrected chi connectivity index (χ3v) is 5.58. The van der Waals surface area contributed by atoms with Crippen LogP contribution in [0.2, 0.25) is 5.02 Å². The minimum atomic E-state index is 0.323. The van der Waals surface area contributed by atoms with Crippen molar-refractivity contribution in [2.24, 2.45) is 0 Å². The van der Waals surface area contributed by atoms with Crippen LogP contribution in [0.3, 0.4) is 0 Å². The molecular formula is C15H9ClN2OS2. The topological polar surface area (TPSA) is 52.0 Å². The van der Waals surface area contributed by atoms with Gasteiger partial charge in [0, 0.05) is 14.4 Å². The number of fused-ring (bicyclic) bond motifs is 1. The van der Waals surface area contributed by atoms with Gasteiger partial charge in [0.25, 0.3) is 0 Å². The number of halogens is 1. The van der Waals surface area contributed by atoms with E-state index >= 15 is 0 Å². The zero-order chi connectivity index (χ0) is 14.4. The van der Waals surface area contributed by atoms with E-state index in [1.54, 1.807) is 22.7 Å². The van der Waals surface area contributed by atoms with E-state index in [4.69, 9.17) is 21.9 Å². The third-order valence-electron chi connectivity index (χ3n) is 3.22. The molecule has 2 N–H and O–H groups in total. The second-order valence-corrected chi connectivity index (χ2v) is 7.00. The van der Waals surface area contributed by atoms with Gasteiger partial charge in [-0.3, -0.25) is 0 Å². The zero-order valence-electron chi connectivity index (χ0n) is 10.7. The Morgan fingerprint density at radius 1 is 1.10 bits per heavy atom. The van der Waals surface area contributed by atoms with Crippen LogP contribution in [0.15, 0.2) is 46.3 Å². The molecule has 4 aromatic rings. The number of anilines is 1. The first kappa shape index (κ1) is 12.9. The minimum absolute atomic E-state index is 0.323. The quantitative estimate of drug-likeness (QED) is 0.525. The molecular weight excluding hydrogens is 324 g/mol. The summed E-state index contributed by atoms with van der Waals surface area (Å²) in [6.07, 6.45) is 0. The zero-order valence-corrected chi connectivity index (χ0v) is 13.1. The van der Waals surface area contributed by atoms with Crippen molar-refractivity contribution < 1.29 is 4.52 Å². The first-order valence-electron chi connectivity index (χ1n) is 6.21. The molecule has 0 bridgehead atoms. The van der Waals surface area contributed by atoms with Crippen LogP contribution in [0.4, 0.5) is 5.88 Å². The van der Waals surface area contributed by atoms with Gasteiger partial charge in [0.15, 0.2) is 0 Å². The van der Waals surface area contributed by atoms with Gasteiger partial charge in [-0.25, -0.2) is 0 Å². The number of benzene rings is 1. The Balaban J connectivity index is 1.90. The molecule has 0 fully saturated rings. The minimum Gasteiger partial charge on any atom is -0.367 e. The highest BCUT2D eigenvalue weighted by atomic mass is 35.5. The number of hydrogen-bond acceptors (Lipinski definition) is 5. The fourth-order valence-electron chi connectivity index (χ4n) is 2.25. The predicted octanol–water partition coefficient (Wildman–Crippen LogP) is 5.52. The molecule has 0 aliphatic heterocycles. The Morgan fingerprint density at radius 3 is 2.67 bits per heavy atom. The summed E-state index contributed by atoms with van der Waals surface area (Å²) in [7, 11) is 0. The van der Waals surface area contributed by atoms with Gasteiger partial charge in [0.1, 0.15) is 5.69 Å². The molecule has 0 atom stereocenters.